The Labute approximate surface area is 84.3 Å². The first-order valence-electron chi connectivity index (χ1n) is 4.74. The van der Waals surface area contributed by atoms with Gasteiger partial charge in [0.1, 0.15) is 0 Å². The van der Waals surface area contributed by atoms with Gasteiger partial charge < -0.3 is 11.1 Å². The zero-order valence-corrected chi connectivity index (χ0v) is 8.58. The molecule has 14 heavy (non-hydrogen) atoms. The Morgan fingerprint density at radius 3 is 2.64 bits per heavy atom. The number of amides is 1. The molecular weight excluding hydrogens is 176 g/mol. The van der Waals surface area contributed by atoms with Crippen molar-refractivity contribution in [3.05, 3.63) is 29.8 Å². The van der Waals surface area contributed by atoms with Crippen molar-refractivity contribution in [3.63, 3.8) is 0 Å². The van der Waals surface area contributed by atoms with Crippen LogP contribution in [0.4, 0.5) is 5.69 Å². The van der Waals surface area contributed by atoms with Gasteiger partial charge in [-0.1, -0.05) is 26.0 Å². The number of nitrogen functional groups attached to an aromatic ring is 1. The standard InChI is InChI=1S/C11H16N2O/c1-8(2)7-13-11(14)9-5-3-4-6-10(9)12/h3-6,8H,7,12H2,1-2H3,(H,13,14). The summed E-state index contributed by atoms with van der Waals surface area (Å²) in [6.07, 6.45) is 0. The molecular formula is C11H16N2O. The summed E-state index contributed by atoms with van der Waals surface area (Å²) < 4.78 is 0. The van der Waals surface area contributed by atoms with Crippen LogP contribution in [0.15, 0.2) is 24.3 Å². The van der Waals surface area contributed by atoms with Gasteiger partial charge in [0.05, 0.1) is 5.56 Å². The van der Waals surface area contributed by atoms with E-state index in [4.69, 9.17) is 5.73 Å². The van der Waals surface area contributed by atoms with Crippen molar-refractivity contribution in [3.8, 4) is 0 Å². The highest BCUT2D eigenvalue weighted by Gasteiger charge is 2.07. The smallest absolute Gasteiger partial charge is 0.253 e. The molecule has 1 aromatic rings. The Bertz CT molecular complexity index is 321. The first-order chi connectivity index (χ1) is 6.61. The molecule has 0 aromatic heterocycles. The zero-order chi connectivity index (χ0) is 10.6. The minimum Gasteiger partial charge on any atom is -0.398 e. The maximum atomic E-state index is 11.6. The number of hydrogen-bond donors (Lipinski definition) is 2. The van der Waals surface area contributed by atoms with Crippen molar-refractivity contribution < 1.29 is 4.79 Å². The van der Waals surface area contributed by atoms with Gasteiger partial charge >= 0.3 is 0 Å². The summed E-state index contributed by atoms with van der Waals surface area (Å²) in [5.41, 5.74) is 6.74. The highest BCUT2D eigenvalue weighted by Crippen LogP contribution is 2.09. The van der Waals surface area contributed by atoms with E-state index in [0.29, 0.717) is 23.7 Å². The van der Waals surface area contributed by atoms with E-state index in [2.05, 4.69) is 19.2 Å². The van der Waals surface area contributed by atoms with Crippen LogP contribution < -0.4 is 11.1 Å². The fourth-order valence-corrected chi connectivity index (χ4v) is 1.10. The molecule has 1 rings (SSSR count). The summed E-state index contributed by atoms with van der Waals surface area (Å²) in [4.78, 5) is 11.6. The molecule has 0 atom stereocenters. The third-order valence-corrected chi connectivity index (χ3v) is 1.88. The van der Waals surface area contributed by atoms with Crippen molar-refractivity contribution in [2.24, 2.45) is 5.92 Å². The second-order valence-corrected chi connectivity index (χ2v) is 3.69. The van der Waals surface area contributed by atoms with Gasteiger partial charge in [-0.25, -0.2) is 0 Å². The van der Waals surface area contributed by atoms with Gasteiger partial charge in [0.25, 0.3) is 5.91 Å². The minimum absolute atomic E-state index is 0.100. The Morgan fingerprint density at radius 1 is 1.43 bits per heavy atom. The van der Waals surface area contributed by atoms with E-state index < -0.39 is 0 Å². The number of anilines is 1. The number of nitrogens with one attached hydrogen (secondary N) is 1. The number of hydrogen-bond acceptors (Lipinski definition) is 2. The lowest BCUT2D eigenvalue weighted by molar-refractivity contribution is 0.0950. The molecule has 0 saturated heterocycles. The number of rotatable bonds is 3. The number of benzene rings is 1. The van der Waals surface area contributed by atoms with Gasteiger partial charge in [-0.3, -0.25) is 4.79 Å². The molecule has 1 amide bonds. The molecule has 0 unspecified atom stereocenters. The van der Waals surface area contributed by atoms with E-state index in [9.17, 15) is 4.79 Å². The van der Waals surface area contributed by atoms with Gasteiger partial charge in [0, 0.05) is 12.2 Å². The molecule has 76 valence electrons. The van der Waals surface area contributed by atoms with Gasteiger partial charge in [-0.05, 0) is 18.1 Å². The van der Waals surface area contributed by atoms with Crippen molar-refractivity contribution in [1.29, 1.82) is 0 Å². The van der Waals surface area contributed by atoms with E-state index in [1.807, 2.05) is 6.07 Å². The van der Waals surface area contributed by atoms with E-state index in [1.54, 1.807) is 18.2 Å². The molecule has 0 aliphatic rings. The van der Waals surface area contributed by atoms with Gasteiger partial charge in [0.15, 0.2) is 0 Å². The average molecular weight is 192 g/mol. The van der Waals surface area contributed by atoms with Crippen molar-refractivity contribution in [2.45, 2.75) is 13.8 Å². The Kier molecular flexibility index (Phi) is 3.51. The second kappa shape index (κ2) is 4.65. The third kappa shape index (κ3) is 2.76. The molecule has 1 aromatic carbocycles. The normalized spacial score (nSPS) is 10.2. The molecule has 0 aliphatic heterocycles. The fourth-order valence-electron chi connectivity index (χ4n) is 1.10. The Balaban J connectivity index is 2.65. The van der Waals surface area contributed by atoms with Crippen LogP contribution in [0.2, 0.25) is 0 Å². The summed E-state index contributed by atoms with van der Waals surface area (Å²) in [5, 5.41) is 2.82. The molecule has 0 radical (unpaired) electrons. The molecule has 0 fully saturated rings. The van der Waals surface area contributed by atoms with Crippen LogP contribution in [0.3, 0.4) is 0 Å². The van der Waals surface area contributed by atoms with E-state index in [-0.39, 0.29) is 5.91 Å². The van der Waals surface area contributed by atoms with Crippen molar-refractivity contribution in [2.75, 3.05) is 12.3 Å². The third-order valence-electron chi connectivity index (χ3n) is 1.88. The lowest BCUT2D eigenvalue weighted by Crippen LogP contribution is -2.27. The summed E-state index contributed by atoms with van der Waals surface area (Å²) in [7, 11) is 0. The van der Waals surface area contributed by atoms with Crippen LogP contribution in [0.1, 0.15) is 24.2 Å². The molecule has 0 aliphatic carbocycles. The van der Waals surface area contributed by atoms with Gasteiger partial charge in [-0.15, -0.1) is 0 Å². The first kappa shape index (κ1) is 10.6. The maximum absolute atomic E-state index is 11.6. The molecule has 0 heterocycles. The lowest BCUT2D eigenvalue weighted by atomic mass is 10.1. The van der Waals surface area contributed by atoms with Crippen LogP contribution >= 0.6 is 0 Å². The summed E-state index contributed by atoms with van der Waals surface area (Å²) in [6, 6.07) is 7.07. The number of carbonyl (C=O) groups is 1. The van der Waals surface area contributed by atoms with Crippen LogP contribution in [0.5, 0.6) is 0 Å². The molecule has 3 nitrogen and oxygen atoms in total. The maximum Gasteiger partial charge on any atom is 0.253 e. The van der Waals surface area contributed by atoms with E-state index in [1.165, 1.54) is 0 Å². The SMILES string of the molecule is CC(C)CNC(=O)c1ccccc1N. The monoisotopic (exact) mass is 192 g/mol. The van der Waals surface area contributed by atoms with Gasteiger partial charge in [0.2, 0.25) is 0 Å². The average Bonchev–Trinajstić information content (AvgIpc) is 2.15. The summed E-state index contributed by atoms with van der Waals surface area (Å²) >= 11 is 0. The fraction of sp³-hybridized carbons (Fsp3) is 0.364. The largest absolute Gasteiger partial charge is 0.398 e. The number of para-hydroxylation sites is 1. The Hall–Kier alpha value is -1.51. The summed E-state index contributed by atoms with van der Waals surface area (Å²) in [5.74, 6) is 0.348. The number of carbonyl (C=O) groups excluding carboxylic acids is 1. The van der Waals surface area contributed by atoms with E-state index >= 15 is 0 Å². The number of nitrogens with two attached hydrogens (primary N) is 1. The van der Waals surface area contributed by atoms with Gasteiger partial charge in [-0.2, -0.15) is 0 Å². The molecule has 0 bridgehead atoms. The van der Waals surface area contributed by atoms with Crippen LogP contribution in [0, 0.1) is 5.92 Å². The quantitative estimate of drug-likeness (QED) is 0.715. The second-order valence-electron chi connectivity index (χ2n) is 3.69. The molecule has 0 spiro atoms. The highest BCUT2D eigenvalue weighted by molar-refractivity contribution is 5.99. The molecule has 0 saturated carbocycles. The summed E-state index contributed by atoms with van der Waals surface area (Å²) in [6.45, 7) is 4.77. The molecule has 3 heteroatoms. The minimum atomic E-state index is -0.100. The topological polar surface area (TPSA) is 55.1 Å². The zero-order valence-electron chi connectivity index (χ0n) is 8.58. The Morgan fingerprint density at radius 2 is 2.07 bits per heavy atom. The lowest BCUT2D eigenvalue weighted by Gasteiger charge is -2.08. The van der Waals surface area contributed by atoms with Crippen LogP contribution in [-0.2, 0) is 0 Å². The highest BCUT2D eigenvalue weighted by atomic mass is 16.1. The first-order valence-corrected chi connectivity index (χ1v) is 4.74. The van der Waals surface area contributed by atoms with Crippen LogP contribution in [-0.4, -0.2) is 12.5 Å². The predicted molar refractivity (Wildman–Crippen MR) is 58.0 cm³/mol. The van der Waals surface area contributed by atoms with Crippen LogP contribution in [0.25, 0.3) is 0 Å². The van der Waals surface area contributed by atoms with Crippen molar-refractivity contribution in [1.82, 2.24) is 5.32 Å². The van der Waals surface area contributed by atoms with Crippen molar-refractivity contribution >= 4 is 11.6 Å². The predicted octanol–water partition coefficient (Wildman–Crippen LogP) is 1.65. The van der Waals surface area contributed by atoms with E-state index in [0.717, 1.165) is 0 Å². The molecule has 3 N–H and O–H groups in total.